The van der Waals surface area contributed by atoms with Crippen LogP contribution in [0.4, 0.5) is 0 Å². The van der Waals surface area contributed by atoms with Gasteiger partial charge in [-0.15, -0.1) is 0 Å². The maximum Gasteiger partial charge on any atom is 0.0541 e. The molecule has 3 unspecified atom stereocenters. The van der Waals surface area contributed by atoms with Crippen LogP contribution in [0.15, 0.2) is 24.4 Å². The van der Waals surface area contributed by atoms with Crippen LogP contribution in [-0.4, -0.2) is 15.3 Å². The lowest BCUT2D eigenvalue weighted by Crippen LogP contribution is -2.01. The van der Waals surface area contributed by atoms with Crippen LogP contribution >= 0.6 is 28.2 Å². The van der Waals surface area contributed by atoms with E-state index in [4.69, 9.17) is 0 Å². The molecule has 0 N–H and O–H groups in total. The van der Waals surface area contributed by atoms with Crippen LogP contribution in [0.2, 0.25) is 0 Å². The summed E-state index contributed by atoms with van der Waals surface area (Å²) in [5, 5.41) is 1.37. The summed E-state index contributed by atoms with van der Waals surface area (Å²) in [5.41, 5.74) is 4.05. The predicted molar refractivity (Wildman–Crippen MR) is 81.6 cm³/mol. The molecular weight excluding hydrogens is 253 g/mol. The van der Waals surface area contributed by atoms with Crippen molar-refractivity contribution in [1.29, 1.82) is 0 Å². The number of hydrogen-bond acceptors (Lipinski definition) is 1. The van der Waals surface area contributed by atoms with Crippen LogP contribution in [-0.2, 0) is 6.42 Å². The van der Waals surface area contributed by atoms with Gasteiger partial charge in [-0.1, -0.05) is 37.0 Å². The van der Waals surface area contributed by atoms with E-state index in [1.165, 1.54) is 22.0 Å². The number of nitrogens with zero attached hydrogens (tertiary/aromatic N) is 2. The third-order valence-electron chi connectivity index (χ3n) is 2.78. The highest BCUT2D eigenvalue weighted by Crippen LogP contribution is 2.27. The summed E-state index contributed by atoms with van der Waals surface area (Å²) >= 11 is 0. The quantitative estimate of drug-likeness (QED) is 0.778. The van der Waals surface area contributed by atoms with Gasteiger partial charge < -0.3 is 4.34 Å². The van der Waals surface area contributed by atoms with Crippen molar-refractivity contribution in [2.75, 3.05) is 6.54 Å². The molecule has 0 amide bonds. The zero-order valence-corrected chi connectivity index (χ0v) is 12.8. The SMILES string of the molecule is Cc1cccc2c(CCN(P)P)cn(P)c12. The van der Waals surface area contributed by atoms with Crippen molar-refractivity contribution >= 4 is 39.1 Å². The lowest BCUT2D eigenvalue weighted by Gasteiger charge is -2.07. The van der Waals surface area contributed by atoms with E-state index in [1.807, 2.05) is 0 Å². The zero-order chi connectivity index (χ0) is 11.7. The average Bonchev–Trinajstić information content (AvgIpc) is 2.54. The number of hydrogen-bond donors (Lipinski definition) is 0. The second-order valence-electron chi connectivity index (χ2n) is 4.02. The predicted octanol–water partition coefficient (Wildman–Crippen LogP) is 3.01. The molecule has 0 radical (unpaired) electrons. The second kappa shape index (κ2) is 5.11. The second-order valence-corrected chi connectivity index (χ2v) is 6.50. The Labute approximate surface area is 104 Å². The summed E-state index contributed by atoms with van der Waals surface area (Å²) in [5.74, 6) is 0. The van der Waals surface area contributed by atoms with Crippen LogP contribution in [0.3, 0.4) is 0 Å². The highest BCUT2D eigenvalue weighted by molar-refractivity contribution is 7.30. The minimum atomic E-state index is 1.02. The molecule has 0 aliphatic rings. The number of aryl methyl sites for hydroxylation is 1. The topological polar surface area (TPSA) is 8.17 Å². The first kappa shape index (κ1) is 12.5. The van der Waals surface area contributed by atoms with Gasteiger partial charge in [0.2, 0.25) is 0 Å². The average molecular weight is 270 g/mol. The maximum absolute atomic E-state index is 2.77. The van der Waals surface area contributed by atoms with E-state index in [1.54, 1.807) is 0 Å². The molecule has 1 heterocycles. The third-order valence-corrected chi connectivity index (χ3v) is 3.70. The fourth-order valence-electron chi connectivity index (χ4n) is 2.01. The van der Waals surface area contributed by atoms with Gasteiger partial charge >= 0.3 is 0 Å². The van der Waals surface area contributed by atoms with E-state index in [9.17, 15) is 0 Å². The van der Waals surface area contributed by atoms with Crippen molar-refractivity contribution in [3.05, 3.63) is 35.5 Å². The monoisotopic (exact) mass is 270 g/mol. The van der Waals surface area contributed by atoms with Gasteiger partial charge in [-0.05, 0) is 33.9 Å². The Morgan fingerprint density at radius 2 is 2.06 bits per heavy atom. The minimum Gasteiger partial charge on any atom is -0.331 e. The number of rotatable bonds is 3. The van der Waals surface area contributed by atoms with E-state index in [-0.39, 0.29) is 0 Å². The van der Waals surface area contributed by atoms with Gasteiger partial charge in [-0.3, -0.25) is 4.44 Å². The molecule has 16 heavy (non-hydrogen) atoms. The fraction of sp³-hybridized carbons (Fsp3) is 0.273. The highest BCUT2D eigenvalue weighted by atomic mass is 31.1. The molecule has 5 heteroatoms. The molecule has 1 aromatic heterocycles. The van der Waals surface area contributed by atoms with Crippen LogP contribution in [0, 0.1) is 6.92 Å². The van der Waals surface area contributed by atoms with Gasteiger partial charge in [-0.2, -0.15) is 0 Å². The number of aromatic nitrogens is 1. The van der Waals surface area contributed by atoms with Gasteiger partial charge in [0.15, 0.2) is 0 Å². The van der Waals surface area contributed by atoms with Crippen molar-refractivity contribution in [1.82, 2.24) is 8.78 Å². The third kappa shape index (κ3) is 2.47. The van der Waals surface area contributed by atoms with E-state index >= 15 is 0 Å². The molecular formula is C11H17N2P3. The molecule has 2 nitrogen and oxygen atoms in total. The number of fused-ring (bicyclic) bond motifs is 1. The molecule has 3 atom stereocenters. The Bertz CT molecular complexity index is 505. The Kier molecular flexibility index (Phi) is 3.98. The summed E-state index contributed by atoms with van der Waals surface area (Å²) in [4.78, 5) is 0. The molecule has 0 saturated heterocycles. The number of para-hydroxylation sites is 1. The van der Waals surface area contributed by atoms with Gasteiger partial charge in [0, 0.05) is 18.1 Å². The van der Waals surface area contributed by atoms with Gasteiger partial charge in [0.25, 0.3) is 0 Å². The molecule has 2 rings (SSSR count). The van der Waals surface area contributed by atoms with Gasteiger partial charge in [0.05, 0.1) is 5.52 Å². The van der Waals surface area contributed by atoms with E-state index in [2.05, 4.69) is 68.3 Å². The first-order valence-electron chi connectivity index (χ1n) is 5.21. The summed E-state index contributed by atoms with van der Waals surface area (Å²) in [6.45, 7) is 3.18. The summed E-state index contributed by atoms with van der Waals surface area (Å²) in [7, 11) is 8.10. The smallest absolute Gasteiger partial charge is 0.0541 e. The molecule has 0 aliphatic heterocycles. The van der Waals surface area contributed by atoms with E-state index in [0.717, 1.165) is 13.0 Å². The van der Waals surface area contributed by atoms with Crippen LogP contribution in [0.25, 0.3) is 10.9 Å². The zero-order valence-electron chi connectivity index (χ0n) is 9.35. The van der Waals surface area contributed by atoms with Gasteiger partial charge in [0.1, 0.15) is 0 Å². The molecule has 0 saturated carbocycles. The Morgan fingerprint density at radius 1 is 1.31 bits per heavy atom. The molecule has 0 spiro atoms. The summed E-state index contributed by atoms with van der Waals surface area (Å²) < 4.78 is 4.21. The van der Waals surface area contributed by atoms with Crippen LogP contribution in [0.5, 0.6) is 0 Å². The minimum absolute atomic E-state index is 1.02. The molecule has 1 aromatic carbocycles. The first-order valence-corrected chi connectivity index (χ1v) is 6.76. The van der Waals surface area contributed by atoms with Crippen molar-refractivity contribution in [2.45, 2.75) is 13.3 Å². The Morgan fingerprint density at radius 3 is 2.75 bits per heavy atom. The van der Waals surface area contributed by atoms with Crippen molar-refractivity contribution in [2.24, 2.45) is 0 Å². The normalized spacial score (nSPS) is 11.6. The van der Waals surface area contributed by atoms with E-state index < -0.39 is 0 Å². The summed E-state index contributed by atoms with van der Waals surface area (Å²) in [6.07, 6.45) is 3.27. The largest absolute Gasteiger partial charge is 0.331 e. The molecule has 86 valence electrons. The van der Waals surface area contributed by atoms with Crippen LogP contribution < -0.4 is 0 Å². The van der Waals surface area contributed by atoms with Crippen molar-refractivity contribution in [3.8, 4) is 0 Å². The highest BCUT2D eigenvalue weighted by Gasteiger charge is 2.08. The Balaban J connectivity index is 2.43. The maximum atomic E-state index is 2.77. The molecule has 2 aromatic rings. The van der Waals surface area contributed by atoms with Crippen LogP contribution in [0.1, 0.15) is 11.1 Å². The van der Waals surface area contributed by atoms with E-state index in [0.29, 0.717) is 0 Å². The number of benzene rings is 1. The standard InChI is InChI=1S/C11H17N2P3/c1-8-3-2-4-10-9(5-6-13(15)16)7-12(14)11(8)10/h2-4,7H,5-6,14-16H2,1H3. The molecule has 0 bridgehead atoms. The fourth-order valence-corrected chi connectivity index (χ4v) is 2.79. The first-order chi connectivity index (χ1) is 7.59. The lowest BCUT2D eigenvalue weighted by molar-refractivity contribution is 0.728. The molecule has 0 fully saturated rings. The molecule has 0 aliphatic carbocycles. The lowest BCUT2D eigenvalue weighted by atomic mass is 10.1. The Hall–Kier alpha value is 0.01000. The summed E-state index contributed by atoms with van der Waals surface area (Å²) in [6, 6.07) is 6.49. The van der Waals surface area contributed by atoms with Crippen molar-refractivity contribution in [3.63, 3.8) is 0 Å². The van der Waals surface area contributed by atoms with Crippen molar-refractivity contribution < 1.29 is 0 Å². The van der Waals surface area contributed by atoms with Gasteiger partial charge in [-0.25, -0.2) is 0 Å².